The molecule has 0 radical (unpaired) electrons. The van der Waals surface area contributed by atoms with Crippen LogP contribution < -0.4 is 15.4 Å². The number of piperidine rings is 1. The molecule has 2 fully saturated rings. The van der Waals surface area contributed by atoms with Crippen LogP contribution in [0, 0.1) is 11.3 Å². The molecule has 0 atom stereocenters. The first-order valence-corrected chi connectivity index (χ1v) is 15.4. The van der Waals surface area contributed by atoms with Crippen LogP contribution in [0.1, 0.15) is 30.0 Å². The fourth-order valence-corrected chi connectivity index (χ4v) is 6.38. The highest BCUT2D eigenvalue weighted by Gasteiger charge is 2.22. The van der Waals surface area contributed by atoms with Crippen molar-refractivity contribution in [2.75, 3.05) is 64.1 Å². The van der Waals surface area contributed by atoms with Crippen LogP contribution in [-0.4, -0.2) is 92.6 Å². The first kappa shape index (κ1) is 28.8. The number of nitrogens with two attached hydrogens (primary N) is 1. The van der Waals surface area contributed by atoms with Gasteiger partial charge in [-0.15, -0.1) is 5.10 Å². The molecule has 7 rings (SSSR count). The molecule has 12 nitrogen and oxygen atoms in total. The number of nitrogens with zero attached hydrogens (tertiary/aromatic N) is 10. The van der Waals surface area contributed by atoms with Gasteiger partial charge in [-0.2, -0.15) is 10.4 Å². The molecule has 5 aromatic heterocycles. The lowest BCUT2D eigenvalue weighted by Gasteiger charge is -2.35. The number of nitriles is 1. The van der Waals surface area contributed by atoms with E-state index in [9.17, 15) is 5.26 Å². The summed E-state index contributed by atoms with van der Waals surface area (Å²) in [7, 11) is 3.79. The zero-order valence-electron chi connectivity index (χ0n) is 25.7. The van der Waals surface area contributed by atoms with E-state index in [4.69, 9.17) is 20.6 Å². The monoisotopic (exact) mass is 603 g/mol. The lowest BCUT2D eigenvalue weighted by atomic mass is 10.0. The molecule has 0 spiro atoms. The largest absolute Gasteiger partial charge is 0.481 e. The topological polar surface area (TPSA) is 130 Å². The van der Waals surface area contributed by atoms with Gasteiger partial charge in [0.05, 0.1) is 24.9 Å². The molecule has 7 heterocycles. The number of piperazine rings is 1. The normalized spacial score (nSPS) is 16.7. The van der Waals surface area contributed by atoms with Crippen LogP contribution >= 0.6 is 0 Å². The van der Waals surface area contributed by atoms with Crippen molar-refractivity contribution in [1.29, 1.82) is 5.26 Å². The number of fused-ring (bicyclic) bond motifs is 1. The summed E-state index contributed by atoms with van der Waals surface area (Å²) in [6.07, 6.45) is 11.9. The standard InChI is InChI=1S/C33H37N11O/c1-40-9-7-27(8-10-40)43-22-26(19-38-43)25-15-28(32-29(16-34)33(35)39-44(32)21-25)24-4-5-30(36-18-24)42-13-11-41(12-14-42)20-23-3-6-31(45-2)37-17-23/h3-6,15,17-19,21-22,27H,7-14,20H2,1-2H3,(H2,35,39). The van der Waals surface area contributed by atoms with Crippen LogP contribution in [0.4, 0.5) is 11.6 Å². The van der Waals surface area contributed by atoms with Gasteiger partial charge >= 0.3 is 0 Å². The molecule has 0 saturated carbocycles. The fraction of sp³-hybridized carbons (Fsp3) is 0.364. The van der Waals surface area contributed by atoms with Crippen LogP contribution in [0.25, 0.3) is 27.8 Å². The number of aromatic nitrogens is 6. The van der Waals surface area contributed by atoms with Crippen molar-refractivity contribution in [3.05, 3.63) is 72.4 Å². The van der Waals surface area contributed by atoms with E-state index >= 15 is 0 Å². The molecule has 0 aliphatic carbocycles. The Morgan fingerprint density at radius 3 is 2.44 bits per heavy atom. The summed E-state index contributed by atoms with van der Waals surface area (Å²) >= 11 is 0. The minimum atomic E-state index is 0.214. The predicted molar refractivity (Wildman–Crippen MR) is 173 cm³/mol. The van der Waals surface area contributed by atoms with Crippen LogP contribution in [0.5, 0.6) is 5.88 Å². The van der Waals surface area contributed by atoms with Crippen molar-refractivity contribution < 1.29 is 4.74 Å². The highest BCUT2D eigenvalue weighted by molar-refractivity contribution is 5.90. The number of nitrogen functional groups attached to an aromatic ring is 1. The molecule has 0 amide bonds. The Kier molecular flexibility index (Phi) is 7.79. The van der Waals surface area contributed by atoms with Crippen molar-refractivity contribution >= 4 is 17.2 Å². The molecule has 2 saturated heterocycles. The van der Waals surface area contributed by atoms with E-state index in [0.717, 1.165) is 86.7 Å². The Hall–Kier alpha value is -4.99. The van der Waals surface area contributed by atoms with E-state index in [2.05, 4.69) is 73.0 Å². The lowest BCUT2D eigenvalue weighted by Crippen LogP contribution is -2.46. The van der Waals surface area contributed by atoms with Gasteiger partial charge < -0.3 is 20.3 Å². The average molecular weight is 604 g/mol. The van der Waals surface area contributed by atoms with E-state index in [1.807, 2.05) is 30.9 Å². The first-order chi connectivity index (χ1) is 22.0. The second-order valence-corrected chi connectivity index (χ2v) is 11.9. The zero-order chi connectivity index (χ0) is 30.9. The maximum atomic E-state index is 9.95. The lowest BCUT2D eigenvalue weighted by molar-refractivity contribution is 0.212. The van der Waals surface area contributed by atoms with Crippen LogP contribution in [0.2, 0.25) is 0 Å². The Labute approximate surface area is 262 Å². The van der Waals surface area contributed by atoms with E-state index < -0.39 is 0 Å². The summed E-state index contributed by atoms with van der Waals surface area (Å²) in [6.45, 7) is 6.63. The number of pyridine rings is 3. The van der Waals surface area contributed by atoms with Crippen LogP contribution in [0.3, 0.4) is 0 Å². The van der Waals surface area contributed by atoms with Gasteiger partial charge in [0, 0.05) is 85.8 Å². The number of likely N-dealkylation sites (tertiary alicyclic amines) is 1. The quantitative estimate of drug-likeness (QED) is 0.294. The minimum absolute atomic E-state index is 0.214. The Bertz CT molecular complexity index is 1820. The Morgan fingerprint density at radius 1 is 0.933 bits per heavy atom. The van der Waals surface area contributed by atoms with Crippen LogP contribution in [0.15, 0.2) is 61.3 Å². The summed E-state index contributed by atoms with van der Waals surface area (Å²) in [5.41, 5.74) is 12.1. The molecular weight excluding hydrogens is 566 g/mol. The molecule has 230 valence electrons. The summed E-state index contributed by atoms with van der Waals surface area (Å²) in [4.78, 5) is 16.3. The summed E-state index contributed by atoms with van der Waals surface area (Å²) in [6, 6.07) is 12.8. The number of anilines is 2. The van der Waals surface area contributed by atoms with Crippen molar-refractivity contribution in [3.8, 4) is 34.2 Å². The van der Waals surface area contributed by atoms with Gasteiger partial charge in [0.2, 0.25) is 5.88 Å². The highest BCUT2D eigenvalue weighted by atomic mass is 16.5. The smallest absolute Gasteiger partial charge is 0.212 e. The highest BCUT2D eigenvalue weighted by Crippen LogP contribution is 2.34. The third kappa shape index (κ3) is 5.80. The maximum Gasteiger partial charge on any atom is 0.212 e. The number of methoxy groups -OCH3 is 1. The fourth-order valence-electron chi connectivity index (χ4n) is 6.38. The van der Waals surface area contributed by atoms with Crippen molar-refractivity contribution in [2.24, 2.45) is 0 Å². The van der Waals surface area contributed by atoms with Gasteiger partial charge in [-0.1, -0.05) is 6.07 Å². The van der Waals surface area contributed by atoms with Gasteiger partial charge in [-0.05, 0) is 56.7 Å². The molecule has 12 heteroatoms. The summed E-state index contributed by atoms with van der Waals surface area (Å²) in [5.74, 6) is 1.78. The van der Waals surface area contributed by atoms with Crippen molar-refractivity contribution in [1.82, 2.24) is 39.2 Å². The van der Waals surface area contributed by atoms with Gasteiger partial charge in [-0.3, -0.25) is 9.58 Å². The number of hydrogen-bond donors (Lipinski definition) is 1. The maximum absolute atomic E-state index is 9.95. The van der Waals surface area contributed by atoms with Gasteiger partial charge in [-0.25, -0.2) is 14.5 Å². The SMILES string of the molecule is COc1ccc(CN2CCN(c3ccc(-c4cc(-c5cnn(C6CCN(C)CC6)c5)cn5nc(N)c(C#N)c45)cn3)CC2)cn1. The Balaban J connectivity index is 1.11. The predicted octanol–water partition coefficient (Wildman–Crippen LogP) is 3.71. The van der Waals surface area contributed by atoms with E-state index in [1.165, 1.54) is 5.56 Å². The minimum Gasteiger partial charge on any atom is -0.481 e. The van der Waals surface area contributed by atoms with Gasteiger partial charge in [0.25, 0.3) is 0 Å². The van der Waals surface area contributed by atoms with Crippen molar-refractivity contribution in [2.45, 2.75) is 25.4 Å². The molecule has 0 unspecified atom stereocenters. The third-order valence-electron chi connectivity index (χ3n) is 9.03. The Morgan fingerprint density at radius 2 is 1.76 bits per heavy atom. The van der Waals surface area contributed by atoms with Crippen molar-refractivity contribution in [3.63, 3.8) is 0 Å². The second kappa shape index (κ2) is 12.2. The molecule has 0 bridgehead atoms. The second-order valence-electron chi connectivity index (χ2n) is 11.9. The van der Waals surface area contributed by atoms with Gasteiger partial charge in [0.1, 0.15) is 17.5 Å². The molecule has 5 aromatic rings. The molecule has 2 aliphatic rings. The van der Waals surface area contributed by atoms with E-state index in [-0.39, 0.29) is 5.82 Å². The molecule has 45 heavy (non-hydrogen) atoms. The summed E-state index contributed by atoms with van der Waals surface area (Å²) in [5, 5.41) is 19.2. The molecular formula is C33H37N11O. The zero-order valence-corrected chi connectivity index (χ0v) is 25.7. The van der Waals surface area contributed by atoms with Gasteiger partial charge in [0.15, 0.2) is 5.82 Å². The third-order valence-corrected chi connectivity index (χ3v) is 9.03. The summed E-state index contributed by atoms with van der Waals surface area (Å²) < 4.78 is 8.99. The van der Waals surface area contributed by atoms with Crippen LogP contribution in [-0.2, 0) is 6.54 Å². The first-order valence-electron chi connectivity index (χ1n) is 15.4. The van der Waals surface area contributed by atoms with E-state index in [1.54, 1.807) is 11.6 Å². The molecule has 2 N–H and O–H groups in total. The number of rotatable bonds is 7. The number of hydrogen-bond acceptors (Lipinski definition) is 10. The molecule has 2 aliphatic heterocycles. The average Bonchev–Trinajstić information content (AvgIpc) is 3.70. The number of ether oxygens (including phenoxy) is 1. The molecule has 0 aromatic carbocycles. The van der Waals surface area contributed by atoms with E-state index in [0.29, 0.717) is 23.0 Å².